The summed E-state index contributed by atoms with van der Waals surface area (Å²) in [6, 6.07) is 4.75. The number of aromatic nitrogens is 1. The van der Waals surface area contributed by atoms with Crippen LogP contribution < -0.4 is 0 Å². The predicted molar refractivity (Wildman–Crippen MR) is 72.4 cm³/mol. The fraction of sp³-hybridized carbons (Fsp3) is 0.643. The average Bonchev–Trinajstić information content (AvgIpc) is 2.29. The van der Waals surface area contributed by atoms with E-state index in [1.54, 1.807) is 6.20 Å². The third-order valence-corrected chi connectivity index (χ3v) is 3.80. The molecule has 1 atom stereocenters. The second-order valence-electron chi connectivity index (χ2n) is 5.29. The molecule has 0 saturated carbocycles. The minimum Gasteiger partial charge on any atom is -0.301 e. The zero-order valence-electron chi connectivity index (χ0n) is 10.7. The molecule has 0 bridgehead atoms. The van der Waals surface area contributed by atoms with Crippen molar-refractivity contribution in [3.05, 3.63) is 29.0 Å². The maximum absolute atomic E-state index is 5.92. The quantitative estimate of drug-likeness (QED) is 0.767. The molecule has 1 fully saturated rings. The average molecular weight is 253 g/mol. The lowest BCUT2D eigenvalue weighted by Crippen LogP contribution is -2.40. The summed E-state index contributed by atoms with van der Waals surface area (Å²) in [5.41, 5.74) is 1.32. The van der Waals surface area contributed by atoms with Crippen molar-refractivity contribution in [3.63, 3.8) is 0 Å². The number of piperidine rings is 1. The van der Waals surface area contributed by atoms with Crippen LogP contribution in [0.5, 0.6) is 0 Å². The Morgan fingerprint density at radius 1 is 1.53 bits per heavy atom. The molecule has 1 aromatic rings. The van der Waals surface area contributed by atoms with E-state index < -0.39 is 0 Å². The van der Waals surface area contributed by atoms with Crippen LogP contribution in [-0.4, -0.2) is 29.0 Å². The Kier molecular flexibility index (Phi) is 4.41. The highest BCUT2D eigenvalue weighted by atomic mass is 35.5. The summed E-state index contributed by atoms with van der Waals surface area (Å²) in [5.74, 6) is 0.768. The van der Waals surface area contributed by atoms with Crippen LogP contribution in [0.15, 0.2) is 18.3 Å². The molecule has 0 unspecified atom stereocenters. The Labute approximate surface area is 109 Å². The van der Waals surface area contributed by atoms with Crippen molar-refractivity contribution < 1.29 is 0 Å². The van der Waals surface area contributed by atoms with Gasteiger partial charge in [0.25, 0.3) is 0 Å². The number of rotatable bonds is 3. The van der Waals surface area contributed by atoms with Gasteiger partial charge >= 0.3 is 0 Å². The molecular formula is C14H21ClN2. The molecular weight excluding hydrogens is 232 g/mol. The van der Waals surface area contributed by atoms with E-state index in [9.17, 15) is 0 Å². The number of hydrogen-bond acceptors (Lipinski definition) is 2. The Morgan fingerprint density at radius 3 is 3.06 bits per heavy atom. The van der Waals surface area contributed by atoms with Crippen LogP contribution in [0.4, 0.5) is 0 Å². The third kappa shape index (κ3) is 3.68. The van der Waals surface area contributed by atoms with Crippen LogP contribution in [0.3, 0.4) is 0 Å². The van der Waals surface area contributed by atoms with Crippen molar-refractivity contribution in [1.29, 1.82) is 0 Å². The van der Waals surface area contributed by atoms with E-state index in [2.05, 4.69) is 29.8 Å². The van der Waals surface area contributed by atoms with Crippen molar-refractivity contribution in [2.75, 3.05) is 13.1 Å². The van der Waals surface area contributed by atoms with Crippen LogP contribution in [-0.2, 0) is 6.42 Å². The topological polar surface area (TPSA) is 16.1 Å². The summed E-state index contributed by atoms with van der Waals surface area (Å²) in [6.07, 6.45) is 5.59. The molecule has 0 N–H and O–H groups in total. The van der Waals surface area contributed by atoms with Crippen molar-refractivity contribution in [1.82, 2.24) is 9.88 Å². The van der Waals surface area contributed by atoms with E-state index in [-0.39, 0.29) is 0 Å². The third-order valence-electron chi connectivity index (χ3n) is 3.60. The Bertz CT molecular complexity index is 365. The highest BCUT2D eigenvalue weighted by Gasteiger charge is 2.21. The first-order chi connectivity index (χ1) is 8.15. The van der Waals surface area contributed by atoms with E-state index in [1.165, 1.54) is 31.5 Å². The molecule has 0 spiro atoms. The summed E-state index contributed by atoms with van der Waals surface area (Å²) < 4.78 is 0. The van der Waals surface area contributed by atoms with Gasteiger partial charge < -0.3 is 4.90 Å². The lowest BCUT2D eigenvalue weighted by atomic mass is 9.91. The molecule has 1 saturated heterocycles. The monoisotopic (exact) mass is 252 g/mol. The molecule has 1 aliphatic rings. The molecule has 3 heteroatoms. The molecule has 0 amide bonds. The molecule has 94 valence electrons. The van der Waals surface area contributed by atoms with Gasteiger partial charge in [-0.25, -0.2) is 4.98 Å². The minimum atomic E-state index is 0.610. The summed E-state index contributed by atoms with van der Waals surface area (Å²) in [7, 11) is 0. The molecule has 0 aliphatic carbocycles. The lowest BCUT2D eigenvalue weighted by molar-refractivity contribution is 0.139. The Hall–Kier alpha value is -0.600. The number of halogens is 1. The highest BCUT2D eigenvalue weighted by molar-refractivity contribution is 6.29. The summed E-state index contributed by atoms with van der Waals surface area (Å²) >= 11 is 5.92. The number of pyridine rings is 1. The van der Waals surface area contributed by atoms with Gasteiger partial charge in [0.05, 0.1) is 0 Å². The van der Waals surface area contributed by atoms with E-state index >= 15 is 0 Å². The lowest BCUT2D eigenvalue weighted by Gasteiger charge is -2.35. The molecule has 1 aromatic heterocycles. The first-order valence-corrected chi connectivity index (χ1v) is 6.87. The first kappa shape index (κ1) is 12.8. The van der Waals surface area contributed by atoms with Gasteiger partial charge in [-0.2, -0.15) is 0 Å². The van der Waals surface area contributed by atoms with Crippen LogP contribution >= 0.6 is 11.6 Å². The number of nitrogens with zero attached hydrogens (tertiary/aromatic N) is 2. The summed E-state index contributed by atoms with van der Waals surface area (Å²) in [6.45, 7) is 7.04. The standard InChI is InChI=1S/C14H21ClN2/c1-11(2)17-7-3-4-13(10-17)8-12-5-6-16-14(15)9-12/h5-6,9,11,13H,3-4,7-8,10H2,1-2H3/t13-/m1/s1. The summed E-state index contributed by atoms with van der Waals surface area (Å²) in [5, 5.41) is 0.610. The van der Waals surface area contributed by atoms with Crippen LogP contribution in [0.1, 0.15) is 32.3 Å². The molecule has 0 radical (unpaired) electrons. The molecule has 17 heavy (non-hydrogen) atoms. The second kappa shape index (κ2) is 5.83. The van der Waals surface area contributed by atoms with Crippen molar-refractivity contribution in [3.8, 4) is 0 Å². The van der Waals surface area contributed by atoms with E-state index in [4.69, 9.17) is 11.6 Å². The van der Waals surface area contributed by atoms with E-state index in [0.29, 0.717) is 11.2 Å². The Balaban J connectivity index is 1.94. The minimum absolute atomic E-state index is 0.610. The van der Waals surface area contributed by atoms with Crippen LogP contribution in [0.2, 0.25) is 5.15 Å². The molecule has 2 heterocycles. The fourth-order valence-electron chi connectivity index (χ4n) is 2.64. The number of likely N-dealkylation sites (tertiary alicyclic amines) is 1. The normalized spacial score (nSPS) is 22.0. The first-order valence-electron chi connectivity index (χ1n) is 6.49. The second-order valence-corrected chi connectivity index (χ2v) is 5.68. The molecule has 2 nitrogen and oxygen atoms in total. The maximum Gasteiger partial charge on any atom is 0.129 e. The Morgan fingerprint density at radius 2 is 2.35 bits per heavy atom. The fourth-order valence-corrected chi connectivity index (χ4v) is 2.83. The largest absolute Gasteiger partial charge is 0.301 e. The van der Waals surface area contributed by atoms with Gasteiger partial charge in [-0.15, -0.1) is 0 Å². The predicted octanol–water partition coefficient (Wildman–Crippen LogP) is 3.40. The van der Waals surface area contributed by atoms with Gasteiger partial charge in [-0.3, -0.25) is 0 Å². The van der Waals surface area contributed by atoms with Gasteiger partial charge in [0.2, 0.25) is 0 Å². The number of hydrogen-bond donors (Lipinski definition) is 0. The van der Waals surface area contributed by atoms with Crippen molar-refractivity contribution in [2.24, 2.45) is 5.92 Å². The molecule has 1 aliphatic heterocycles. The van der Waals surface area contributed by atoms with Gasteiger partial charge in [0.15, 0.2) is 0 Å². The smallest absolute Gasteiger partial charge is 0.129 e. The zero-order valence-corrected chi connectivity index (χ0v) is 11.5. The highest BCUT2D eigenvalue weighted by Crippen LogP contribution is 2.22. The zero-order chi connectivity index (χ0) is 12.3. The van der Waals surface area contributed by atoms with Crippen LogP contribution in [0.25, 0.3) is 0 Å². The van der Waals surface area contributed by atoms with E-state index in [0.717, 1.165) is 12.3 Å². The van der Waals surface area contributed by atoms with Gasteiger partial charge in [-0.05, 0) is 63.3 Å². The maximum atomic E-state index is 5.92. The van der Waals surface area contributed by atoms with Crippen molar-refractivity contribution in [2.45, 2.75) is 39.2 Å². The van der Waals surface area contributed by atoms with Crippen molar-refractivity contribution >= 4 is 11.6 Å². The van der Waals surface area contributed by atoms with Gasteiger partial charge in [0.1, 0.15) is 5.15 Å². The molecule has 2 rings (SSSR count). The molecule has 0 aromatic carbocycles. The van der Waals surface area contributed by atoms with Crippen LogP contribution in [0, 0.1) is 5.92 Å². The summed E-state index contributed by atoms with van der Waals surface area (Å²) in [4.78, 5) is 6.61. The van der Waals surface area contributed by atoms with E-state index in [1.807, 2.05) is 6.07 Å². The van der Waals surface area contributed by atoms with Gasteiger partial charge in [-0.1, -0.05) is 11.6 Å². The van der Waals surface area contributed by atoms with Gasteiger partial charge in [0, 0.05) is 18.8 Å². The SMILES string of the molecule is CC(C)N1CCC[C@H](Cc2ccnc(Cl)c2)C1.